The first-order valence-corrected chi connectivity index (χ1v) is 5.35. The topological polar surface area (TPSA) is 55.1 Å². The van der Waals surface area contributed by atoms with Gasteiger partial charge in [0.2, 0.25) is 0 Å². The van der Waals surface area contributed by atoms with Gasteiger partial charge in [-0.15, -0.1) is 0 Å². The van der Waals surface area contributed by atoms with E-state index in [1.54, 1.807) is 18.2 Å². The van der Waals surface area contributed by atoms with Crippen molar-refractivity contribution in [2.24, 2.45) is 0 Å². The lowest BCUT2D eigenvalue weighted by atomic mass is 10.1. The molecule has 1 aromatic carbocycles. The van der Waals surface area contributed by atoms with Gasteiger partial charge in [0.1, 0.15) is 0 Å². The normalized spacial score (nSPS) is 9.73. The van der Waals surface area contributed by atoms with Gasteiger partial charge in [0.05, 0.1) is 16.3 Å². The molecule has 15 heavy (non-hydrogen) atoms. The van der Waals surface area contributed by atoms with Crippen LogP contribution in [0.15, 0.2) is 29.3 Å². The molecule has 0 aliphatic rings. The van der Waals surface area contributed by atoms with Crippen LogP contribution in [0.4, 0.5) is 5.69 Å². The van der Waals surface area contributed by atoms with Crippen LogP contribution >= 0.6 is 27.5 Å². The number of nitrogen functional groups attached to an aromatic ring is 1. The van der Waals surface area contributed by atoms with Gasteiger partial charge in [-0.3, -0.25) is 4.79 Å². The van der Waals surface area contributed by atoms with Crippen molar-refractivity contribution >= 4 is 39.1 Å². The number of anilines is 1. The van der Waals surface area contributed by atoms with Gasteiger partial charge in [0.25, 0.3) is 5.91 Å². The standard InChI is InChI=1S/C10H10BrClN2O/c1-6(11)5-14-10(15)7-3-2-4-8(12)9(7)13/h2-4H,1,5,13H2,(H,14,15). The van der Waals surface area contributed by atoms with Gasteiger partial charge in [-0.2, -0.15) is 0 Å². The minimum absolute atomic E-state index is 0.268. The van der Waals surface area contributed by atoms with Crippen LogP contribution in [0, 0.1) is 0 Å². The SMILES string of the molecule is C=C(Br)CNC(=O)c1cccc(Cl)c1N. The van der Waals surface area contributed by atoms with Crippen LogP contribution in [0.25, 0.3) is 0 Å². The van der Waals surface area contributed by atoms with Gasteiger partial charge in [-0.25, -0.2) is 0 Å². The minimum atomic E-state index is -0.268. The summed E-state index contributed by atoms with van der Waals surface area (Å²) in [6.07, 6.45) is 0. The van der Waals surface area contributed by atoms with Crippen LogP contribution in [-0.2, 0) is 0 Å². The van der Waals surface area contributed by atoms with Crippen molar-refractivity contribution in [3.63, 3.8) is 0 Å². The number of hydrogen-bond acceptors (Lipinski definition) is 2. The average molecular weight is 290 g/mol. The molecule has 80 valence electrons. The predicted molar refractivity (Wildman–Crippen MR) is 66.3 cm³/mol. The van der Waals surface area contributed by atoms with Crippen molar-refractivity contribution in [1.82, 2.24) is 5.32 Å². The summed E-state index contributed by atoms with van der Waals surface area (Å²) in [5.41, 5.74) is 6.32. The number of para-hydroxylation sites is 1. The van der Waals surface area contributed by atoms with Crippen LogP contribution < -0.4 is 11.1 Å². The summed E-state index contributed by atoms with van der Waals surface area (Å²) in [6, 6.07) is 4.93. The van der Waals surface area contributed by atoms with Crippen molar-refractivity contribution < 1.29 is 4.79 Å². The van der Waals surface area contributed by atoms with E-state index in [-0.39, 0.29) is 11.6 Å². The summed E-state index contributed by atoms with van der Waals surface area (Å²) in [6.45, 7) is 3.96. The highest BCUT2D eigenvalue weighted by Gasteiger charge is 2.10. The number of carbonyl (C=O) groups excluding carboxylic acids is 1. The second kappa shape index (κ2) is 5.19. The second-order valence-electron chi connectivity index (χ2n) is 2.90. The number of rotatable bonds is 3. The van der Waals surface area contributed by atoms with E-state index in [4.69, 9.17) is 17.3 Å². The maximum absolute atomic E-state index is 11.6. The lowest BCUT2D eigenvalue weighted by Crippen LogP contribution is -2.25. The molecule has 1 amide bonds. The summed E-state index contributed by atoms with van der Waals surface area (Å²) in [7, 11) is 0. The summed E-state index contributed by atoms with van der Waals surface area (Å²) in [5, 5.41) is 3.02. The molecule has 0 atom stereocenters. The molecule has 0 aliphatic heterocycles. The molecule has 0 heterocycles. The number of halogens is 2. The minimum Gasteiger partial charge on any atom is -0.397 e. The lowest BCUT2D eigenvalue weighted by molar-refractivity contribution is 0.0958. The zero-order valence-corrected chi connectivity index (χ0v) is 10.2. The zero-order valence-electron chi connectivity index (χ0n) is 7.89. The van der Waals surface area contributed by atoms with Gasteiger partial charge < -0.3 is 11.1 Å². The number of amides is 1. The molecule has 0 radical (unpaired) electrons. The van der Waals surface area contributed by atoms with Crippen LogP contribution in [0.3, 0.4) is 0 Å². The van der Waals surface area contributed by atoms with E-state index in [0.29, 0.717) is 21.6 Å². The van der Waals surface area contributed by atoms with E-state index in [1.807, 2.05) is 0 Å². The average Bonchev–Trinajstić information content (AvgIpc) is 2.18. The highest BCUT2D eigenvalue weighted by atomic mass is 79.9. The first-order chi connectivity index (χ1) is 7.02. The molecule has 3 N–H and O–H groups in total. The van der Waals surface area contributed by atoms with Crippen LogP contribution in [-0.4, -0.2) is 12.5 Å². The Morgan fingerprint density at radius 3 is 2.87 bits per heavy atom. The largest absolute Gasteiger partial charge is 0.397 e. The molecule has 1 rings (SSSR count). The van der Waals surface area contributed by atoms with E-state index < -0.39 is 0 Å². The molecule has 3 nitrogen and oxygen atoms in total. The first kappa shape index (κ1) is 12.1. The number of nitrogens with one attached hydrogen (secondary N) is 1. The van der Waals surface area contributed by atoms with E-state index in [1.165, 1.54) is 0 Å². The van der Waals surface area contributed by atoms with E-state index in [0.717, 1.165) is 0 Å². The molecule has 0 spiro atoms. The Bertz CT molecular complexity index is 406. The highest BCUT2D eigenvalue weighted by molar-refractivity contribution is 9.11. The monoisotopic (exact) mass is 288 g/mol. The maximum atomic E-state index is 11.6. The highest BCUT2D eigenvalue weighted by Crippen LogP contribution is 2.22. The van der Waals surface area contributed by atoms with Crippen LogP contribution in [0.2, 0.25) is 5.02 Å². The fraction of sp³-hybridized carbons (Fsp3) is 0.100. The Kier molecular flexibility index (Phi) is 4.17. The molecule has 0 aromatic heterocycles. The third kappa shape index (κ3) is 3.25. The predicted octanol–water partition coefficient (Wildman–Crippen LogP) is 2.56. The molecule has 5 heteroatoms. The molecule has 0 saturated carbocycles. The second-order valence-corrected chi connectivity index (χ2v) is 4.43. The fourth-order valence-electron chi connectivity index (χ4n) is 1.01. The molecular formula is C10H10BrClN2O. The number of carbonyl (C=O) groups is 1. The van der Waals surface area contributed by atoms with E-state index >= 15 is 0 Å². The van der Waals surface area contributed by atoms with Crippen molar-refractivity contribution in [3.05, 3.63) is 39.8 Å². The van der Waals surface area contributed by atoms with Crippen molar-refractivity contribution in [2.75, 3.05) is 12.3 Å². The molecule has 0 aliphatic carbocycles. The number of nitrogens with two attached hydrogens (primary N) is 1. The Balaban J connectivity index is 2.82. The third-order valence-corrected chi connectivity index (χ3v) is 2.35. The van der Waals surface area contributed by atoms with Gasteiger partial charge in [-0.1, -0.05) is 40.2 Å². The van der Waals surface area contributed by atoms with Gasteiger partial charge in [-0.05, 0) is 12.1 Å². The van der Waals surface area contributed by atoms with Gasteiger partial charge in [0.15, 0.2) is 0 Å². The summed E-state index contributed by atoms with van der Waals surface area (Å²) in [4.78, 5) is 11.6. The molecule has 0 fully saturated rings. The molecule has 0 bridgehead atoms. The summed E-state index contributed by atoms with van der Waals surface area (Å²) in [5.74, 6) is -0.268. The molecule has 0 unspecified atom stereocenters. The van der Waals surface area contributed by atoms with Crippen molar-refractivity contribution in [2.45, 2.75) is 0 Å². The quantitative estimate of drug-likeness (QED) is 0.840. The third-order valence-electron chi connectivity index (χ3n) is 1.74. The van der Waals surface area contributed by atoms with Gasteiger partial charge in [0, 0.05) is 11.0 Å². The lowest BCUT2D eigenvalue weighted by Gasteiger charge is -2.07. The Morgan fingerprint density at radius 2 is 2.27 bits per heavy atom. The van der Waals surface area contributed by atoms with E-state index in [2.05, 4.69) is 27.8 Å². The van der Waals surface area contributed by atoms with Crippen molar-refractivity contribution in [1.29, 1.82) is 0 Å². The molecular weight excluding hydrogens is 279 g/mol. The zero-order chi connectivity index (χ0) is 11.4. The fourth-order valence-corrected chi connectivity index (χ4v) is 1.32. The summed E-state index contributed by atoms with van der Waals surface area (Å²) >= 11 is 8.93. The maximum Gasteiger partial charge on any atom is 0.253 e. The number of hydrogen-bond donors (Lipinski definition) is 2. The Hall–Kier alpha value is -1.00. The Morgan fingerprint density at radius 1 is 1.60 bits per heavy atom. The molecule has 1 aromatic rings. The Labute approximate surface area is 101 Å². The number of benzene rings is 1. The summed E-state index contributed by atoms with van der Waals surface area (Å²) < 4.78 is 0.691. The molecule has 0 saturated heterocycles. The first-order valence-electron chi connectivity index (χ1n) is 4.18. The van der Waals surface area contributed by atoms with E-state index in [9.17, 15) is 4.79 Å². The smallest absolute Gasteiger partial charge is 0.253 e. The van der Waals surface area contributed by atoms with Crippen LogP contribution in [0.5, 0.6) is 0 Å². The van der Waals surface area contributed by atoms with Crippen LogP contribution in [0.1, 0.15) is 10.4 Å². The van der Waals surface area contributed by atoms with Gasteiger partial charge >= 0.3 is 0 Å². The van der Waals surface area contributed by atoms with Crippen molar-refractivity contribution in [3.8, 4) is 0 Å².